The second-order valence-corrected chi connectivity index (χ2v) is 5.42. The van der Waals surface area contributed by atoms with Gasteiger partial charge in [0.2, 0.25) is 0 Å². The lowest BCUT2D eigenvalue weighted by Crippen LogP contribution is -2.10. The molecule has 0 saturated carbocycles. The van der Waals surface area contributed by atoms with E-state index in [2.05, 4.69) is 21.2 Å². The summed E-state index contributed by atoms with van der Waals surface area (Å²) in [6.07, 6.45) is 0. The molecule has 0 spiro atoms. The van der Waals surface area contributed by atoms with E-state index in [1.54, 1.807) is 32.4 Å². The molecule has 1 amide bonds. The van der Waals surface area contributed by atoms with Crippen molar-refractivity contribution < 1.29 is 14.3 Å². The van der Waals surface area contributed by atoms with Crippen molar-refractivity contribution in [3.05, 3.63) is 39.0 Å². The highest BCUT2D eigenvalue weighted by molar-refractivity contribution is 9.10. The number of hydrogen-bond donors (Lipinski definition) is 1. The minimum atomic E-state index is -0.169. The summed E-state index contributed by atoms with van der Waals surface area (Å²) < 4.78 is 11.1. The molecule has 2 aromatic rings. The van der Waals surface area contributed by atoms with E-state index >= 15 is 0 Å². The first-order valence-electron chi connectivity index (χ1n) is 5.41. The van der Waals surface area contributed by atoms with Crippen LogP contribution in [0.15, 0.2) is 34.1 Å². The number of ether oxygens (including phenoxy) is 2. The Morgan fingerprint density at radius 2 is 1.84 bits per heavy atom. The fraction of sp³-hybridized carbons (Fsp3) is 0.154. The third-order valence-electron chi connectivity index (χ3n) is 2.43. The lowest BCUT2D eigenvalue weighted by Gasteiger charge is -2.09. The van der Waals surface area contributed by atoms with Gasteiger partial charge in [-0.15, -0.1) is 11.3 Å². The van der Waals surface area contributed by atoms with E-state index in [0.717, 1.165) is 4.47 Å². The van der Waals surface area contributed by atoms with E-state index in [4.69, 9.17) is 9.47 Å². The molecule has 1 aromatic heterocycles. The maximum Gasteiger partial charge on any atom is 0.266 e. The third-order valence-corrected chi connectivity index (χ3v) is 4.27. The highest BCUT2D eigenvalue weighted by atomic mass is 79.9. The monoisotopic (exact) mass is 341 g/mol. The van der Waals surface area contributed by atoms with Gasteiger partial charge in [-0.25, -0.2) is 0 Å². The lowest BCUT2D eigenvalue weighted by atomic mass is 10.2. The van der Waals surface area contributed by atoms with Crippen molar-refractivity contribution in [3.63, 3.8) is 0 Å². The molecule has 1 aromatic carbocycles. The Morgan fingerprint density at radius 3 is 2.32 bits per heavy atom. The topological polar surface area (TPSA) is 47.6 Å². The molecule has 0 radical (unpaired) electrons. The van der Waals surface area contributed by atoms with Crippen LogP contribution in [0.2, 0.25) is 0 Å². The number of thiophene rings is 1. The predicted molar refractivity (Wildman–Crippen MR) is 79.5 cm³/mol. The predicted octanol–water partition coefficient (Wildman–Crippen LogP) is 3.78. The number of halogens is 1. The van der Waals surface area contributed by atoms with E-state index in [-0.39, 0.29) is 5.91 Å². The molecule has 19 heavy (non-hydrogen) atoms. The van der Waals surface area contributed by atoms with E-state index in [9.17, 15) is 4.79 Å². The van der Waals surface area contributed by atoms with Gasteiger partial charge in [-0.3, -0.25) is 4.79 Å². The Kier molecular flexibility index (Phi) is 4.44. The van der Waals surface area contributed by atoms with Crippen molar-refractivity contribution in [2.24, 2.45) is 0 Å². The SMILES string of the molecule is COc1cc(NC(=O)c2sccc2Br)cc(OC)c1. The second kappa shape index (κ2) is 6.08. The van der Waals surface area contributed by atoms with Gasteiger partial charge in [0.15, 0.2) is 0 Å². The average Bonchev–Trinajstić information content (AvgIpc) is 2.84. The summed E-state index contributed by atoms with van der Waals surface area (Å²) in [5, 5.41) is 4.67. The van der Waals surface area contributed by atoms with Crippen LogP contribution >= 0.6 is 27.3 Å². The quantitative estimate of drug-likeness (QED) is 0.920. The fourth-order valence-electron chi connectivity index (χ4n) is 1.52. The molecular formula is C13H12BrNO3S. The van der Waals surface area contributed by atoms with E-state index in [1.807, 2.05) is 11.4 Å². The number of amides is 1. The van der Waals surface area contributed by atoms with Crippen LogP contribution in [0.4, 0.5) is 5.69 Å². The molecule has 0 aliphatic heterocycles. The van der Waals surface area contributed by atoms with Gasteiger partial charge in [-0.2, -0.15) is 0 Å². The van der Waals surface area contributed by atoms with Gasteiger partial charge in [0, 0.05) is 28.4 Å². The first kappa shape index (κ1) is 13.9. The van der Waals surface area contributed by atoms with Crippen LogP contribution < -0.4 is 14.8 Å². The minimum Gasteiger partial charge on any atom is -0.497 e. The molecule has 0 atom stereocenters. The number of methoxy groups -OCH3 is 2. The molecule has 2 rings (SSSR count). The van der Waals surface area contributed by atoms with Crippen molar-refractivity contribution in [2.75, 3.05) is 19.5 Å². The van der Waals surface area contributed by atoms with Crippen LogP contribution in [-0.4, -0.2) is 20.1 Å². The van der Waals surface area contributed by atoms with Crippen LogP contribution in [0.1, 0.15) is 9.67 Å². The summed E-state index contributed by atoms with van der Waals surface area (Å²) in [6.45, 7) is 0. The molecule has 0 bridgehead atoms. The fourth-order valence-corrected chi connectivity index (χ4v) is 2.97. The molecular weight excluding hydrogens is 330 g/mol. The van der Waals surface area contributed by atoms with Gasteiger partial charge in [0.1, 0.15) is 16.4 Å². The minimum absolute atomic E-state index is 0.169. The molecule has 1 heterocycles. The molecule has 100 valence electrons. The number of rotatable bonds is 4. The summed E-state index contributed by atoms with van der Waals surface area (Å²) in [6, 6.07) is 7.06. The maximum absolute atomic E-state index is 12.1. The smallest absolute Gasteiger partial charge is 0.266 e. The zero-order valence-electron chi connectivity index (χ0n) is 10.4. The first-order valence-corrected chi connectivity index (χ1v) is 7.08. The van der Waals surface area contributed by atoms with Crippen molar-refractivity contribution >= 4 is 38.9 Å². The lowest BCUT2D eigenvalue weighted by molar-refractivity contribution is 0.103. The Labute approximate surface area is 123 Å². The van der Waals surface area contributed by atoms with Crippen molar-refractivity contribution in [1.29, 1.82) is 0 Å². The van der Waals surface area contributed by atoms with E-state index in [1.165, 1.54) is 11.3 Å². The molecule has 4 nitrogen and oxygen atoms in total. The van der Waals surface area contributed by atoms with Gasteiger partial charge in [0.05, 0.1) is 14.2 Å². The van der Waals surface area contributed by atoms with Gasteiger partial charge in [-0.05, 0) is 27.4 Å². The highest BCUT2D eigenvalue weighted by Gasteiger charge is 2.12. The molecule has 0 saturated heterocycles. The van der Waals surface area contributed by atoms with Crippen LogP contribution in [0.3, 0.4) is 0 Å². The summed E-state index contributed by atoms with van der Waals surface area (Å²) in [5.74, 6) is 1.08. The maximum atomic E-state index is 12.1. The summed E-state index contributed by atoms with van der Waals surface area (Å²) >= 11 is 4.71. The standard InChI is InChI=1S/C13H12BrNO3S/c1-17-9-5-8(6-10(7-9)18-2)15-13(16)12-11(14)3-4-19-12/h3-7H,1-2H3,(H,15,16). The first-order chi connectivity index (χ1) is 9.13. The summed E-state index contributed by atoms with van der Waals surface area (Å²) in [5.41, 5.74) is 0.626. The molecule has 0 fully saturated rings. The van der Waals surface area contributed by atoms with Crippen LogP contribution in [0.5, 0.6) is 11.5 Å². The molecule has 0 aliphatic carbocycles. The number of anilines is 1. The van der Waals surface area contributed by atoms with Crippen LogP contribution in [-0.2, 0) is 0 Å². The molecule has 0 unspecified atom stereocenters. The Balaban J connectivity index is 2.23. The van der Waals surface area contributed by atoms with Crippen LogP contribution in [0, 0.1) is 0 Å². The number of carbonyl (C=O) groups excluding carboxylic acids is 1. The Bertz CT molecular complexity index is 575. The average molecular weight is 342 g/mol. The van der Waals surface area contributed by atoms with E-state index < -0.39 is 0 Å². The van der Waals surface area contributed by atoms with Crippen LogP contribution in [0.25, 0.3) is 0 Å². The number of carbonyl (C=O) groups is 1. The summed E-state index contributed by atoms with van der Waals surface area (Å²) in [4.78, 5) is 12.7. The van der Waals surface area contributed by atoms with Crippen molar-refractivity contribution in [3.8, 4) is 11.5 Å². The number of nitrogens with one attached hydrogen (secondary N) is 1. The van der Waals surface area contributed by atoms with E-state index in [0.29, 0.717) is 22.1 Å². The second-order valence-electron chi connectivity index (χ2n) is 3.65. The normalized spacial score (nSPS) is 10.1. The molecule has 1 N–H and O–H groups in total. The van der Waals surface area contributed by atoms with Gasteiger partial charge < -0.3 is 14.8 Å². The van der Waals surface area contributed by atoms with Gasteiger partial charge in [-0.1, -0.05) is 0 Å². The summed E-state index contributed by atoms with van der Waals surface area (Å²) in [7, 11) is 3.13. The molecule has 0 aliphatic rings. The zero-order valence-corrected chi connectivity index (χ0v) is 12.8. The number of benzene rings is 1. The van der Waals surface area contributed by atoms with Crippen molar-refractivity contribution in [2.45, 2.75) is 0 Å². The third kappa shape index (κ3) is 3.27. The largest absolute Gasteiger partial charge is 0.497 e. The highest BCUT2D eigenvalue weighted by Crippen LogP contribution is 2.28. The Hall–Kier alpha value is -1.53. The van der Waals surface area contributed by atoms with Crippen molar-refractivity contribution in [1.82, 2.24) is 0 Å². The van der Waals surface area contributed by atoms with Gasteiger partial charge >= 0.3 is 0 Å². The van der Waals surface area contributed by atoms with Gasteiger partial charge in [0.25, 0.3) is 5.91 Å². The number of hydrogen-bond acceptors (Lipinski definition) is 4. The Morgan fingerprint density at radius 1 is 1.21 bits per heavy atom. The zero-order chi connectivity index (χ0) is 13.8. The molecule has 6 heteroatoms.